The highest BCUT2D eigenvalue weighted by atomic mass is 32.2. The predicted molar refractivity (Wildman–Crippen MR) is 99.7 cm³/mol. The smallest absolute Gasteiger partial charge is 0.245 e. The third-order valence-corrected chi connectivity index (χ3v) is 7.23. The van der Waals surface area contributed by atoms with Crippen molar-refractivity contribution < 1.29 is 0 Å². The molecule has 9 heteroatoms. The fourth-order valence-electron chi connectivity index (χ4n) is 3.59. The normalized spacial score (nSPS) is 18.0. The first-order valence-electron chi connectivity index (χ1n) is 7.87. The second-order valence-corrected chi connectivity index (χ2v) is 8.83. The second-order valence-electron chi connectivity index (χ2n) is 6.20. The third kappa shape index (κ3) is 1.86. The van der Waals surface area contributed by atoms with Crippen LogP contribution < -0.4 is 0 Å². The number of aromatic nitrogens is 6. The van der Waals surface area contributed by atoms with Crippen LogP contribution in [0.5, 0.6) is 0 Å². The van der Waals surface area contributed by atoms with Crippen molar-refractivity contribution in [2.45, 2.75) is 36.5 Å². The molecule has 0 fully saturated rings. The quantitative estimate of drug-likeness (QED) is 0.499. The average molecular weight is 377 g/mol. The number of fused-ring (bicyclic) bond motifs is 8. The van der Waals surface area contributed by atoms with Crippen LogP contribution in [0.25, 0.3) is 21.6 Å². The zero-order chi connectivity index (χ0) is 16.4. The lowest BCUT2D eigenvalue weighted by atomic mass is 9.89. The van der Waals surface area contributed by atoms with Crippen molar-refractivity contribution in [2.75, 3.05) is 12.5 Å². The summed E-state index contributed by atoms with van der Waals surface area (Å²) in [7, 11) is 0. The lowest BCUT2D eigenvalue weighted by molar-refractivity contribution is 0.509. The van der Waals surface area contributed by atoms with E-state index in [1.807, 2.05) is 23.8 Å². The van der Waals surface area contributed by atoms with Crippen LogP contribution in [0.15, 0.2) is 10.3 Å². The summed E-state index contributed by atoms with van der Waals surface area (Å²) in [5.74, 6) is 1.56. The van der Waals surface area contributed by atoms with Gasteiger partial charge in [-0.1, -0.05) is 30.4 Å². The molecule has 0 aromatic carbocycles. The van der Waals surface area contributed by atoms with Gasteiger partial charge in [-0.15, -0.1) is 31.7 Å². The van der Waals surface area contributed by atoms with Crippen LogP contribution >= 0.6 is 34.9 Å². The van der Waals surface area contributed by atoms with Crippen molar-refractivity contribution in [2.24, 2.45) is 5.92 Å². The Kier molecular flexibility index (Phi) is 3.33. The van der Waals surface area contributed by atoms with Crippen LogP contribution in [-0.4, -0.2) is 41.7 Å². The molecule has 4 aromatic heterocycles. The van der Waals surface area contributed by atoms with Crippen molar-refractivity contribution >= 4 is 56.5 Å². The Hall–Kier alpha value is -1.32. The SMILES string of the molecule is CSc1nnc2c3c4c(sc3n3c(SC)nnc3n12)CC(C)CC4. The summed E-state index contributed by atoms with van der Waals surface area (Å²) in [6.45, 7) is 2.34. The van der Waals surface area contributed by atoms with E-state index in [9.17, 15) is 0 Å². The largest absolute Gasteiger partial charge is 0.245 e. The first-order valence-corrected chi connectivity index (χ1v) is 11.1. The maximum absolute atomic E-state index is 4.51. The Bertz CT molecular complexity index is 1090. The molecular formula is C15H16N6S3. The number of rotatable bonds is 2. The molecule has 0 amide bonds. The minimum Gasteiger partial charge on any atom is -0.245 e. The standard InChI is InChI=1S/C15H16N6S3/c1-7-4-5-8-9(6-7)24-12-10(8)11-16-18-14(22-2)20(11)13-17-19-15(23-3)21(12)13/h7H,4-6H2,1-3H3. The summed E-state index contributed by atoms with van der Waals surface area (Å²) in [5.41, 5.74) is 2.38. The van der Waals surface area contributed by atoms with Gasteiger partial charge in [0.2, 0.25) is 5.78 Å². The molecule has 0 saturated carbocycles. The first kappa shape index (κ1) is 15.0. The fourth-order valence-corrected chi connectivity index (χ4v) is 6.10. The summed E-state index contributed by atoms with van der Waals surface area (Å²) in [6.07, 6.45) is 7.58. The molecule has 1 atom stereocenters. The monoisotopic (exact) mass is 376 g/mol. The molecule has 1 aliphatic rings. The van der Waals surface area contributed by atoms with Crippen molar-refractivity contribution in [3.8, 4) is 0 Å². The van der Waals surface area contributed by atoms with Crippen LogP contribution in [-0.2, 0) is 12.8 Å². The zero-order valence-electron chi connectivity index (χ0n) is 13.6. The summed E-state index contributed by atoms with van der Waals surface area (Å²) < 4.78 is 4.24. The number of nitrogens with zero attached hydrogens (tertiary/aromatic N) is 6. The Balaban J connectivity index is 2.03. The van der Waals surface area contributed by atoms with E-state index in [0.717, 1.165) is 40.5 Å². The molecule has 4 heterocycles. The average Bonchev–Trinajstić information content (AvgIpc) is 3.27. The van der Waals surface area contributed by atoms with Crippen molar-refractivity contribution in [1.29, 1.82) is 0 Å². The van der Waals surface area contributed by atoms with Gasteiger partial charge in [0.25, 0.3) is 0 Å². The molecule has 0 radical (unpaired) electrons. The van der Waals surface area contributed by atoms with Crippen LogP contribution in [0.1, 0.15) is 23.8 Å². The molecular weight excluding hydrogens is 360 g/mol. The maximum atomic E-state index is 4.51. The Morgan fingerprint density at radius 1 is 1.04 bits per heavy atom. The van der Waals surface area contributed by atoms with Crippen molar-refractivity contribution in [1.82, 2.24) is 29.2 Å². The Morgan fingerprint density at radius 2 is 1.79 bits per heavy atom. The molecule has 5 rings (SSSR count). The van der Waals surface area contributed by atoms with Crippen molar-refractivity contribution in [3.63, 3.8) is 0 Å². The van der Waals surface area contributed by atoms with Crippen LogP contribution in [0.3, 0.4) is 0 Å². The van der Waals surface area contributed by atoms with Crippen LogP contribution in [0.2, 0.25) is 0 Å². The number of hydrogen-bond donors (Lipinski definition) is 0. The number of aryl methyl sites for hydroxylation is 1. The van der Waals surface area contributed by atoms with E-state index in [2.05, 4.69) is 36.1 Å². The van der Waals surface area contributed by atoms with Crippen molar-refractivity contribution in [3.05, 3.63) is 10.4 Å². The molecule has 1 aliphatic carbocycles. The molecule has 6 nitrogen and oxygen atoms in total. The third-order valence-electron chi connectivity index (χ3n) is 4.73. The second kappa shape index (κ2) is 5.34. The highest BCUT2D eigenvalue weighted by Crippen LogP contribution is 2.41. The van der Waals surface area contributed by atoms with Gasteiger partial charge in [-0.25, -0.2) is 8.80 Å². The van der Waals surface area contributed by atoms with E-state index in [-0.39, 0.29) is 0 Å². The molecule has 0 spiro atoms. The maximum Gasteiger partial charge on any atom is 0.245 e. The van der Waals surface area contributed by atoms with Gasteiger partial charge in [0.05, 0.1) is 5.39 Å². The van der Waals surface area contributed by atoms with E-state index < -0.39 is 0 Å². The number of thiophene rings is 1. The molecule has 4 aromatic rings. The zero-order valence-corrected chi connectivity index (χ0v) is 16.1. The minimum absolute atomic E-state index is 0.748. The van der Waals surface area contributed by atoms with E-state index in [4.69, 9.17) is 0 Å². The Morgan fingerprint density at radius 3 is 2.58 bits per heavy atom. The lowest BCUT2D eigenvalue weighted by Gasteiger charge is -2.17. The first-order chi connectivity index (χ1) is 11.7. The van der Waals surface area contributed by atoms with Crippen LogP contribution in [0.4, 0.5) is 0 Å². The molecule has 0 saturated heterocycles. The van der Waals surface area contributed by atoms with E-state index in [0.29, 0.717) is 0 Å². The molecule has 24 heavy (non-hydrogen) atoms. The highest BCUT2D eigenvalue weighted by Gasteiger charge is 2.27. The molecule has 0 bridgehead atoms. The summed E-state index contributed by atoms with van der Waals surface area (Å²) >= 11 is 5.10. The lowest BCUT2D eigenvalue weighted by Crippen LogP contribution is -2.08. The fraction of sp³-hybridized carbons (Fsp3) is 0.467. The molecule has 0 aliphatic heterocycles. The summed E-state index contributed by atoms with van der Waals surface area (Å²) in [6, 6.07) is 0. The van der Waals surface area contributed by atoms with Gasteiger partial charge in [-0.2, -0.15) is 0 Å². The van der Waals surface area contributed by atoms with Gasteiger partial charge in [0.1, 0.15) is 4.83 Å². The number of thioether (sulfide) groups is 2. The number of hydrogen-bond acceptors (Lipinski definition) is 7. The minimum atomic E-state index is 0.748. The topological polar surface area (TPSA) is 60.4 Å². The summed E-state index contributed by atoms with van der Waals surface area (Å²) in [5, 5.41) is 20.8. The van der Waals surface area contributed by atoms with Gasteiger partial charge in [-0.3, -0.25) is 0 Å². The molecule has 0 N–H and O–H groups in total. The Labute approximate surface area is 151 Å². The molecule has 124 valence electrons. The van der Waals surface area contributed by atoms with Gasteiger partial charge in [-0.05, 0) is 43.3 Å². The molecule has 1 unspecified atom stereocenters. The van der Waals surface area contributed by atoms with E-state index in [1.54, 1.807) is 23.5 Å². The van der Waals surface area contributed by atoms with Gasteiger partial charge in [0, 0.05) is 4.88 Å². The highest BCUT2D eigenvalue weighted by molar-refractivity contribution is 7.98. The van der Waals surface area contributed by atoms with Gasteiger partial charge < -0.3 is 0 Å². The van der Waals surface area contributed by atoms with E-state index >= 15 is 0 Å². The van der Waals surface area contributed by atoms with E-state index in [1.165, 1.54) is 27.1 Å². The van der Waals surface area contributed by atoms with Gasteiger partial charge in [0.15, 0.2) is 16.0 Å². The predicted octanol–water partition coefficient (Wildman–Crippen LogP) is 3.56. The van der Waals surface area contributed by atoms with Gasteiger partial charge >= 0.3 is 0 Å². The summed E-state index contributed by atoms with van der Waals surface area (Å²) in [4.78, 5) is 2.71. The van der Waals surface area contributed by atoms with Crippen LogP contribution in [0, 0.1) is 5.92 Å².